The summed E-state index contributed by atoms with van der Waals surface area (Å²) in [6.07, 6.45) is 1.27. The van der Waals surface area contributed by atoms with E-state index in [1.54, 1.807) is 0 Å². The highest BCUT2D eigenvalue weighted by Gasteiger charge is 2.13. The third-order valence-corrected chi connectivity index (χ3v) is 2.75. The highest BCUT2D eigenvalue weighted by Crippen LogP contribution is 2.14. The number of hydrogen-bond donors (Lipinski definition) is 2. The number of rotatable bonds is 6. The number of anilines is 1. The van der Waals surface area contributed by atoms with Crippen LogP contribution in [0.15, 0.2) is 11.0 Å². The number of halogens is 1. The minimum atomic E-state index is -0.642. The standard InChI is InChI=1S/C12H17ClN4O4/c1-7(2)16-9(18)5-14-8-4-15-17(6-10(19)21-3)12(20)11(8)13/h4,7,14H,5-6H2,1-3H3,(H,16,18). The summed E-state index contributed by atoms with van der Waals surface area (Å²) >= 11 is 5.89. The van der Waals surface area contributed by atoms with Crippen molar-refractivity contribution in [3.05, 3.63) is 21.6 Å². The Balaban J connectivity index is 2.78. The van der Waals surface area contributed by atoms with Crippen molar-refractivity contribution >= 4 is 29.2 Å². The topological polar surface area (TPSA) is 102 Å². The normalized spacial score (nSPS) is 10.3. The Kier molecular flexibility index (Phi) is 6.16. The molecule has 0 atom stereocenters. The lowest BCUT2D eigenvalue weighted by Gasteiger charge is -2.11. The Bertz CT molecular complexity index is 585. The number of hydrogen-bond acceptors (Lipinski definition) is 6. The van der Waals surface area contributed by atoms with Gasteiger partial charge in [0.2, 0.25) is 5.91 Å². The third kappa shape index (κ3) is 5.07. The molecule has 0 saturated carbocycles. The Morgan fingerprint density at radius 3 is 2.71 bits per heavy atom. The fraction of sp³-hybridized carbons (Fsp3) is 0.500. The van der Waals surface area contributed by atoms with Crippen LogP contribution in [0.25, 0.3) is 0 Å². The highest BCUT2D eigenvalue weighted by atomic mass is 35.5. The van der Waals surface area contributed by atoms with Gasteiger partial charge in [0.05, 0.1) is 25.5 Å². The molecule has 0 saturated heterocycles. The maximum atomic E-state index is 11.9. The number of carbonyl (C=O) groups excluding carboxylic acids is 2. The SMILES string of the molecule is COC(=O)Cn1ncc(NCC(=O)NC(C)C)c(Cl)c1=O. The van der Waals surface area contributed by atoms with Gasteiger partial charge in [-0.3, -0.25) is 14.4 Å². The fourth-order valence-electron chi connectivity index (χ4n) is 1.44. The lowest BCUT2D eigenvalue weighted by atomic mass is 10.4. The Morgan fingerprint density at radius 2 is 2.14 bits per heavy atom. The summed E-state index contributed by atoms with van der Waals surface area (Å²) in [7, 11) is 1.21. The van der Waals surface area contributed by atoms with Crippen LogP contribution >= 0.6 is 11.6 Å². The van der Waals surface area contributed by atoms with E-state index in [1.165, 1.54) is 13.3 Å². The van der Waals surface area contributed by atoms with Crippen molar-refractivity contribution in [1.82, 2.24) is 15.1 Å². The first kappa shape index (κ1) is 17.0. The molecule has 0 spiro atoms. The van der Waals surface area contributed by atoms with E-state index < -0.39 is 11.5 Å². The molecular formula is C12H17ClN4O4. The monoisotopic (exact) mass is 316 g/mol. The molecular weight excluding hydrogens is 300 g/mol. The molecule has 0 bridgehead atoms. The summed E-state index contributed by atoms with van der Waals surface area (Å²) in [5.74, 6) is -0.850. The summed E-state index contributed by atoms with van der Waals surface area (Å²) < 4.78 is 5.33. The lowest BCUT2D eigenvalue weighted by Crippen LogP contribution is -2.35. The summed E-state index contributed by atoms with van der Waals surface area (Å²) in [5, 5.41) is 9.04. The lowest BCUT2D eigenvalue weighted by molar-refractivity contribution is -0.141. The van der Waals surface area contributed by atoms with Crippen molar-refractivity contribution in [2.75, 3.05) is 19.0 Å². The van der Waals surface area contributed by atoms with Crippen LogP contribution in [0.4, 0.5) is 5.69 Å². The molecule has 0 unspecified atom stereocenters. The van der Waals surface area contributed by atoms with Gasteiger partial charge in [0.25, 0.3) is 5.56 Å². The molecule has 9 heteroatoms. The van der Waals surface area contributed by atoms with Gasteiger partial charge in [0, 0.05) is 6.04 Å². The third-order valence-electron chi connectivity index (χ3n) is 2.38. The van der Waals surface area contributed by atoms with E-state index >= 15 is 0 Å². The van der Waals surface area contributed by atoms with E-state index in [-0.39, 0.29) is 35.7 Å². The zero-order chi connectivity index (χ0) is 16.0. The summed E-state index contributed by atoms with van der Waals surface area (Å²) in [6.45, 7) is 3.30. The van der Waals surface area contributed by atoms with Gasteiger partial charge in [-0.25, -0.2) is 4.68 Å². The molecule has 8 nitrogen and oxygen atoms in total. The molecule has 0 aromatic carbocycles. The average Bonchev–Trinajstić information content (AvgIpc) is 2.42. The summed E-state index contributed by atoms with van der Waals surface area (Å²) in [6, 6.07) is 0.0148. The van der Waals surface area contributed by atoms with Crippen LogP contribution in [0.2, 0.25) is 5.02 Å². The number of ether oxygens (including phenoxy) is 1. The quantitative estimate of drug-likeness (QED) is 0.717. The predicted octanol–water partition coefficient (Wildman–Crippen LogP) is 0.00620. The van der Waals surface area contributed by atoms with Gasteiger partial charge in [0.15, 0.2) is 0 Å². The Hall–Kier alpha value is -2.09. The predicted molar refractivity (Wildman–Crippen MR) is 77.3 cm³/mol. The Morgan fingerprint density at radius 1 is 1.48 bits per heavy atom. The number of amides is 1. The van der Waals surface area contributed by atoms with Gasteiger partial charge >= 0.3 is 5.97 Å². The molecule has 1 aromatic heterocycles. The number of carbonyl (C=O) groups is 2. The molecule has 1 heterocycles. The average molecular weight is 317 g/mol. The first-order chi connectivity index (χ1) is 9.85. The smallest absolute Gasteiger partial charge is 0.327 e. The molecule has 21 heavy (non-hydrogen) atoms. The minimum Gasteiger partial charge on any atom is -0.468 e. The molecule has 0 radical (unpaired) electrons. The second-order valence-corrected chi connectivity index (χ2v) is 4.86. The summed E-state index contributed by atoms with van der Waals surface area (Å²) in [5.41, 5.74) is -0.418. The van der Waals surface area contributed by atoms with Crippen molar-refractivity contribution in [1.29, 1.82) is 0 Å². The van der Waals surface area contributed by atoms with E-state index in [1.807, 2.05) is 13.8 Å². The molecule has 116 valence electrons. The maximum Gasteiger partial charge on any atom is 0.327 e. The molecule has 0 aliphatic heterocycles. The van der Waals surface area contributed by atoms with Crippen molar-refractivity contribution in [3.63, 3.8) is 0 Å². The van der Waals surface area contributed by atoms with Crippen LogP contribution < -0.4 is 16.2 Å². The molecule has 0 aliphatic rings. The van der Waals surface area contributed by atoms with E-state index in [0.29, 0.717) is 0 Å². The zero-order valence-electron chi connectivity index (χ0n) is 12.0. The van der Waals surface area contributed by atoms with E-state index in [0.717, 1.165) is 4.68 Å². The number of methoxy groups -OCH3 is 1. The first-order valence-corrected chi connectivity index (χ1v) is 6.58. The largest absolute Gasteiger partial charge is 0.468 e. The summed E-state index contributed by atoms with van der Waals surface area (Å²) in [4.78, 5) is 34.5. The number of nitrogens with zero attached hydrogens (tertiary/aromatic N) is 2. The van der Waals surface area contributed by atoms with Crippen LogP contribution in [0.3, 0.4) is 0 Å². The fourth-order valence-corrected chi connectivity index (χ4v) is 1.65. The number of aromatic nitrogens is 2. The zero-order valence-corrected chi connectivity index (χ0v) is 12.7. The highest BCUT2D eigenvalue weighted by molar-refractivity contribution is 6.33. The van der Waals surface area contributed by atoms with Crippen molar-refractivity contribution in [2.24, 2.45) is 0 Å². The molecule has 1 amide bonds. The van der Waals surface area contributed by atoms with Gasteiger partial charge in [-0.15, -0.1) is 0 Å². The molecule has 2 N–H and O–H groups in total. The van der Waals surface area contributed by atoms with Crippen LogP contribution in [0, 0.1) is 0 Å². The van der Waals surface area contributed by atoms with E-state index in [4.69, 9.17) is 11.6 Å². The van der Waals surface area contributed by atoms with Gasteiger partial charge in [-0.05, 0) is 13.8 Å². The van der Waals surface area contributed by atoms with Gasteiger partial charge in [-0.1, -0.05) is 11.6 Å². The van der Waals surface area contributed by atoms with Crippen LogP contribution in [0.5, 0.6) is 0 Å². The number of esters is 1. The van der Waals surface area contributed by atoms with Crippen LogP contribution in [-0.4, -0.2) is 41.4 Å². The minimum absolute atomic E-state index is 0.0148. The second-order valence-electron chi connectivity index (χ2n) is 4.49. The molecule has 1 aromatic rings. The van der Waals surface area contributed by atoms with Gasteiger partial charge in [0.1, 0.15) is 11.6 Å². The van der Waals surface area contributed by atoms with Crippen molar-refractivity contribution in [2.45, 2.75) is 26.4 Å². The maximum absolute atomic E-state index is 11.9. The van der Waals surface area contributed by atoms with Gasteiger partial charge in [-0.2, -0.15) is 5.10 Å². The molecule has 0 fully saturated rings. The van der Waals surface area contributed by atoms with Crippen molar-refractivity contribution in [3.8, 4) is 0 Å². The van der Waals surface area contributed by atoms with Gasteiger partial charge < -0.3 is 15.4 Å². The molecule has 1 rings (SSSR count). The van der Waals surface area contributed by atoms with Crippen LogP contribution in [-0.2, 0) is 20.9 Å². The molecule has 0 aliphatic carbocycles. The Labute approximate surface area is 126 Å². The number of nitrogens with one attached hydrogen (secondary N) is 2. The van der Waals surface area contributed by atoms with E-state index in [9.17, 15) is 14.4 Å². The van der Waals surface area contributed by atoms with Crippen LogP contribution in [0.1, 0.15) is 13.8 Å². The van der Waals surface area contributed by atoms with E-state index in [2.05, 4.69) is 20.5 Å². The first-order valence-electron chi connectivity index (χ1n) is 6.20. The van der Waals surface area contributed by atoms with Crippen molar-refractivity contribution < 1.29 is 14.3 Å². The second kappa shape index (κ2) is 7.63.